The van der Waals surface area contributed by atoms with Crippen LogP contribution in [0, 0.1) is 0 Å². The third-order valence-corrected chi connectivity index (χ3v) is 2.70. The number of anilines is 1. The number of nitrogens with one attached hydrogen (secondary N) is 1. The molecule has 0 saturated carbocycles. The Morgan fingerprint density at radius 1 is 1.50 bits per heavy atom. The van der Waals surface area contributed by atoms with Crippen molar-refractivity contribution >= 4 is 11.7 Å². The fraction of sp³-hybridized carbons (Fsp3) is 0.667. The van der Waals surface area contributed by atoms with Gasteiger partial charge in [-0.25, -0.2) is 0 Å². The molecule has 1 heterocycles. The number of likely N-dealkylation sites (N-methyl/N-ethyl adjacent to an activating group) is 1. The molecule has 102 valence electrons. The van der Waals surface area contributed by atoms with Gasteiger partial charge in [-0.3, -0.25) is 9.48 Å². The lowest BCUT2D eigenvalue weighted by atomic mass is 10.4. The van der Waals surface area contributed by atoms with Crippen molar-refractivity contribution in [3.05, 3.63) is 12.3 Å². The topological polar surface area (TPSA) is 76.2 Å². The summed E-state index contributed by atoms with van der Waals surface area (Å²) in [7, 11) is 0. The van der Waals surface area contributed by atoms with Crippen molar-refractivity contribution in [1.82, 2.24) is 20.0 Å². The molecule has 1 rings (SSSR count). The minimum atomic E-state index is -0.0364. The van der Waals surface area contributed by atoms with Crippen molar-refractivity contribution in [3.8, 4) is 0 Å². The number of nitrogen functional groups attached to an aromatic ring is 1. The molecule has 3 N–H and O–H groups in total. The molecular weight excluding hydrogens is 230 g/mol. The fourth-order valence-electron chi connectivity index (χ4n) is 1.77. The van der Waals surface area contributed by atoms with Crippen molar-refractivity contribution in [1.29, 1.82) is 0 Å². The number of hydrogen-bond acceptors (Lipinski definition) is 4. The van der Waals surface area contributed by atoms with E-state index in [0.29, 0.717) is 12.4 Å². The molecule has 0 aliphatic carbocycles. The molecule has 0 atom stereocenters. The number of hydrogen-bond donors (Lipinski definition) is 2. The van der Waals surface area contributed by atoms with E-state index in [1.807, 2.05) is 0 Å². The third kappa shape index (κ3) is 5.18. The highest BCUT2D eigenvalue weighted by Gasteiger charge is 2.05. The maximum absolute atomic E-state index is 11.6. The van der Waals surface area contributed by atoms with E-state index in [1.165, 1.54) is 4.68 Å². The van der Waals surface area contributed by atoms with Crippen LogP contribution < -0.4 is 11.1 Å². The first-order valence-corrected chi connectivity index (χ1v) is 6.43. The van der Waals surface area contributed by atoms with E-state index >= 15 is 0 Å². The van der Waals surface area contributed by atoms with Gasteiger partial charge in [0, 0.05) is 19.3 Å². The maximum Gasteiger partial charge on any atom is 0.241 e. The van der Waals surface area contributed by atoms with Gasteiger partial charge >= 0.3 is 0 Å². The van der Waals surface area contributed by atoms with Crippen LogP contribution in [-0.4, -0.2) is 46.8 Å². The van der Waals surface area contributed by atoms with Crippen LogP contribution in [0.3, 0.4) is 0 Å². The minimum Gasteiger partial charge on any atom is -0.382 e. The third-order valence-electron chi connectivity index (χ3n) is 2.70. The summed E-state index contributed by atoms with van der Waals surface area (Å²) in [6, 6.07) is 1.67. The van der Waals surface area contributed by atoms with Crippen LogP contribution in [0.5, 0.6) is 0 Å². The highest BCUT2D eigenvalue weighted by molar-refractivity contribution is 5.75. The van der Waals surface area contributed by atoms with E-state index in [9.17, 15) is 4.79 Å². The number of carbonyl (C=O) groups excluding carboxylic acids is 1. The summed E-state index contributed by atoms with van der Waals surface area (Å²) in [5, 5.41) is 6.84. The van der Waals surface area contributed by atoms with Crippen LogP contribution in [-0.2, 0) is 11.3 Å². The second-order valence-electron chi connectivity index (χ2n) is 4.22. The first kappa shape index (κ1) is 14.5. The number of carbonyl (C=O) groups is 1. The van der Waals surface area contributed by atoms with Crippen LogP contribution in [0.1, 0.15) is 20.3 Å². The molecular formula is C12H23N5O. The molecule has 0 bridgehead atoms. The standard InChI is InChI=1S/C12H23N5O/c1-3-7-16(4-2)9-6-14-12(18)10-17-8-5-11(13)15-17/h5,8H,3-4,6-7,9-10H2,1-2H3,(H2,13,15)(H,14,18). The molecule has 1 aromatic rings. The Hall–Kier alpha value is -1.56. The van der Waals surface area contributed by atoms with Crippen molar-refractivity contribution in [2.45, 2.75) is 26.8 Å². The molecule has 0 fully saturated rings. The molecule has 1 aromatic heterocycles. The van der Waals surface area contributed by atoms with Gasteiger partial charge in [0.1, 0.15) is 12.4 Å². The van der Waals surface area contributed by atoms with Gasteiger partial charge in [0.15, 0.2) is 0 Å². The molecule has 18 heavy (non-hydrogen) atoms. The number of amides is 1. The molecule has 6 nitrogen and oxygen atoms in total. The first-order chi connectivity index (χ1) is 8.65. The normalized spacial score (nSPS) is 10.8. The van der Waals surface area contributed by atoms with Gasteiger partial charge in [0.2, 0.25) is 5.91 Å². The van der Waals surface area contributed by atoms with Gasteiger partial charge in [0.05, 0.1) is 0 Å². The number of nitrogens with two attached hydrogens (primary N) is 1. The Morgan fingerprint density at radius 3 is 2.83 bits per heavy atom. The molecule has 1 amide bonds. The van der Waals surface area contributed by atoms with E-state index in [0.717, 1.165) is 26.1 Å². The Morgan fingerprint density at radius 2 is 2.28 bits per heavy atom. The maximum atomic E-state index is 11.6. The van der Waals surface area contributed by atoms with Gasteiger partial charge in [0.25, 0.3) is 0 Å². The largest absolute Gasteiger partial charge is 0.382 e. The average molecular weight is 253 g/mol. The molecule has 0 radical (unpaired) electrons. The molecule has 6 heteroatoms. The number of rotatable bonds is 8. The quantitative estimate of drug-likeness (QED) is 0.699. The van der Waals surface area contributed by atoms with Gasteiger partial charge in [-0.15, -0.1) is 0 Å². The van der Waals surface area contributed by atoms with Gasteiger partial charge in [-0.2, -0.15) is 5.10 Å². The summed E-state index contributed by atoms with van der Waals surface area (Å²) in [5.41, 5.74) is 5.48. The molecule has 0 saturated heterocycles. The van der Waals surface area contributed by atoms with Crippen molar-refractivity contribution in [2.75, 3.05) is 31.9 Å². The zero-order valence-corrected chi connectivity index (χ0v) is 11.2. The van der Waals surface area contributed by atoms with E-state index in [1.54, 1.807) is 12.3 Å². The van der Waals surface area contributed by atoms with Crippen LogP contribution in [0.4, 0.5) is 5.82 Å². The monoisotopic (exact) mass is 253 g/mol. The van der Waals surface area contributed by atoms with Crippen LogP contribution in [0.25, 0.3) is 0 Å². The molecule has 0 unspecified atom stereocenters. The Labute approximate surface area is 108 Å². The molecule has 0 aliphatic heterocycles. The molecule has 0 aliphatic rings. The number of nitrogens with zero attached hydrogens (tertiary/aromatic N) is 3. The first-order valence-electron chi connectivity index (χ1n) is 6.43. The van der Waals surface area contributed by atoms with E-state index in [-0.39, 0.29) is 12.5 Å². The predicted octanol–water partition coefficient (Wildman–Crippen LogP) is 0.313. The summed E-state index contributed by atoms with van der Waals surface area (Å²) in [6.45, 7) is 8.15. The van der Waals surface area contributed by atoms with Crippen molar-refractivity contribution in [3.63, 3.8) is 0 Å². The minimum absolute atomic E-state index is 0.0364. The Balaban J connectivity index is 2.20. The number of aromatic nitrogens is 2. The second-order valence-corrected chi connectivity index (χ2v) is 4.22. The summed E-state index contributed by atoms with van der Waals surface area (Å²) in [6.07, 6.45) is 2.83. The van der Waals surface area contributed by atoms with Crippen LogP contribution in [0.15, 0.2) is 12.3 Å². The van der Waals surface area contributed by atoms with E-state index in [4.69, 9.17) is 5.73 Å². The van der Waals surface area contributed by atoms with E-state index in [2.05, 4.69) is 29.2 Å². The van der Waals surface area contributed by atoms with E-state index < -0.39 is 0 Å². The second kappa shape index (κ2) is 7.71. The average Bonchev–Trinajstić information content (AvgIpc) is 2.73. The Kier molecular flexibility index (Phi) is 6.21. The van der Waals surface area contributed by atoms with Crippen LogP contribution in [0.2, 0.25) is 0 Å². The summed E-state index contributed by atoms with van der Waals surface area (Å²) < 4.78 is 1.54. The summed E-state index contributed by atoms with van der Waals surface area (Å²) in [5.74, 6) is 0.397. The lowest BCUT2D eigenvalue weighted by Crippen LogP contribution is -2.36. The molecule has 0 aromatic carbocycles. The predicted molar refractivity (Wildman–Crippen MR) is 72.1 cm³/mol. The van der Waals surface area contributed by atoms with Crippen molar-refractivity contribution < 1.29 is 4.79 Å². The zero-order valence-electron chi connectivity index (χ0n) is 11.2. The van der Waals surface area contributed by atoms with Crippen molar-refractivity contribution in [2.24, 2.45) is 0 Å². The summed E-state index contributed by atoms with van der Waals surface area (Å²) >= 11 is 0. The smallest absolute Gasteiger partial charge is 0.241 e. The SMILES string of the molecule is CCCN(CC)CCNC(=O)Cn1ccc(N)n1. The highest BCUT2D eigenvalue weighted by Crippen LogP contribution is 1.95. The van der Waals surface area contributed by atoms with Crippen LogP contribution >= 0.6 is 0 Å². The highest BCUT2D eigenvalue weighted by atomic mass is 16.2. The lowest BCUT2D eigenvalue weighted by Gasteiger charge is -2.19. The van der Waals surface area contributed by atoms with Gasteiger partial charge < -0.3 is 16.0 Å². The summed E-state index contributed by atoms with van der Waals surface area (Å²) in [4.78, 5) is 13.9. The molecule has 0 spiro atoms. The lowest BCUT2D eigenvalue weighted by molar-refractivity contribution is -0.121. The Bertz CT molecular complexity index is 363. The van der Waals surface area contributed by atoms with Gasteiger partial charge in [-0.1, -0.05) is 13.8 Å². The zero-order chi connectivity index (χ0) is 13.4. The van der Waals surface area contributed by atoms with Gasteiger partial charge in [-0.05, 0) is 25.6 Å². The fourth-order valence-corrected chi connectivity index (χ4v) is 1.77.